The number of ether oxygens (including phenoxy) is 1. The molecule has 1 N–H and O–H groups in total. The number of carbonyl (C=O) groups excluding carboxylic acids is 1. The summed E-state index contributed by atoms with van der Waals surface area (Å²) < 4.78 is 9.84. The number of rotatable bonds is 5. The first-order valence-corrected chi connectivity index (χ1v) is 5.13. The molecule has 1 aromatic rings. The van der Waals surface area contributed by atoms with Gasteiger partial charge in [0.25, 0.3) is 6.01 Å². The zero-order chi connectivity index (χ0) is 12.0. The van der Waals surface area contributed by atoms with Gasteiger partial charge in [-0.15, -0.1) is 0 Å². The molecule has 0 saturated carbocycles. The van der Waals surface area contributed by atoms with Crippen LogP contribution >= 0.6 is 0 Å². The lowest BCUT2D eigenvalue weighted by Crippen LogP contribution is -2.05. The van der Waals surface area contributed by atoms with Gasteiger partial charge in [-0.25, -0.2) is 4.79 Å². The molecule has 0 unspecified atom stereocenters. The van der Waals surface area contributed by atoms with E-state index in [9.17, 15) is 4.79 Å². The van der Waals surface area contributed by atoms with Gasteiger partial charge in [0, 0.05) is 6.54 Å². The third-order valence-corrected chi connectivity index (χ3v) is 1.75. The molecule has 0 aliphatic rings. The zero-order valence-corrected chi connectivity index (χ0v) is 9.74. The van der Waals surface area contributed by atoms with Crippen LogP contribution in [0.25, 0.3) is 0 Å². The summed E-state index contributed by atoms with van der Waals surface area (Å²) in [5, 5.41) is 2.93. The second-order valence-corrected chi connectivity index (χ2v) is 3.42. The van der Waals surface area contributed by atoms with Gasteiger partial charge in [0.2, 0.25) is 0 Å². The summed E-state index contributed by atoms with van der Waals surface area (Å²) in [5.41, 5.74) is 1.38. The van der Waals surface area contributed by atoms with Crippen molar-refractivity contribution in [3.05, 3.63) is 23.6 Å². The molecular formula is C11H16N2O3. The number of esters is 1. The Kier molecular flexibility index (Phi) is 4.57. The summed E-state index contributed by atoms with van der Waals surface area (Å²) in [4.78, 5) is 15.2. The van der Waals surface area contributed by atoms with Gasteiger partial charge in [0.15, 0.2) is 5.69 Å². The third kappa shape index (κ3) is 3.76. The lowest BCUT2D eigenvalue weighted by molar-refractivity contribution is 0.0519. The molecule has 0 fully saturated rings. The fourth-order valence-electron chi connectivity index (χ4n) is 0.996. The van der Waals surface area contributed by atoms with Crippen LogP contribution in [-0.4, -0.2) is 24.1 Å². The Labute approximate surface area is 94.5 Å². The first kappa shape index (κ1) is 12.3. The summed E-state index contributed by atoms with van der Waals surface area (Å²) in [5.74, 6) is -0.471. The van der Waals surface area contributed by atoms with Crippen LogP contribution in [0.1, 0.15) is 31.3 Å². The number of hydrogen-bond donors (Lipinski definition) is 1. The van der Waals surface area contributed by atoms with Crippen molar-refractivity contribution in [2.24, 2.45) is 0 Å². The normalized spacial score (nSPS) is 9.69. The van der Waals surface area contributed by atoms with Crippen molar-refractivity contribution < 1.29 is 13.9 Å². The highest BCUT2D eigenvalue weighted by atomic mass is 16.5. The molecule has 0 spiro atoms. The van der Waals surface area contributed by atoms with Crippen LogP contribution in [0.4, 0.5) is 6.01 Å². The van der Waals surface area contributed by atoms with E-state index in [-0.39, 0.29) is 5.69 Å². The van der Waals surface area contributed by atoms with Crippen molar-refractivity contribution in [1.29, 1.82) is 0 Å². The number of oxazole rings is 1. The Morgan fingerprint density at radius 3 is 3.00 bits per heavy atom. The van der Waals surface area contributed by atoms with Crippen molar-refractivity contribution in [3.8, 4) is 0 Å². The maximum absolute atomic E-state index is 11.3. The number of hydrogen-bond acceptors (Lipinski definition) is 5. The van der Waals surface area contributed by atoms with Gasteiger partial charge in [0.05, 0.1) is 6.61 Å². The predicted octanol–water partition coefficient (Wildman–Crippen LogP) is 2.23. The van der Waals surface area contributed by atoms with Crippen LogP contribution in [0.5, 0.6) is 0 Å². The molecule has 5 heteroatoms. The standard InChI is InChI=1S/C11H16N2O3/c1-4-15-10(14)9-7-16-11(13-9)12-6-5-8(2)3/h5,7H,4,6H2,1-3H3,(H,12,13). The van der Waals surface area contributed by atoms with E-state index >= 15 is 0 Å². The molecule has 0 amide bonds. The minimum atomic E-state index is -0.471. The van der Waals surface area contributed by atoms with E-state index in [0.717, 1.165) is 0 Å². The fourth-order valence-corrected chi connectivity index (χ4v) is 0.996. The number of aromatic nitrogens is 1. The molecule has 0 bridgehead atoms. The number of nitrogens with one attached hydrogen (secondary N) is 1. The Morgan fingerprint density at radius 1 is 1.62 bits per heavy atom. The van der Waals surface area contributed by atoms with E-state index in [2.05, 4.69) is 10.3 Å². The molecule has 0 radical (unpaired) electrons. The highest BCUT2D eigenvalue weighted by Gasteiger charge is 2.12. The number of anilines is 1. The van der Waals surface area contributed by atoms with E-state index in [1.807, 2.05) is 19.9 Å². The molecule has 0 atom stereocenters. The lowest BCUT2D eigenvalue weighted by Gasteiger charge is -1.96. The summed E-state index contributed by atoms with van der Waals surface area (Å²) in [6.07, 6.45) is 3.27. The molecule has 5 nitrogen and oxygen atoms in total. The monoisotopic (exact) mass is 224 g/mol. The van der Waals surface area contributed by atoms with Gasteiger partial charge >= 0.3 is 5.97 Å². The van der Waals surface area contributed by atoms with Gasteiger partial charge in [0.1, 0.15) is 6.26 Å². The topological polar surface area (TPSA) is 64.4 Å². The predicted molar refractivity (Wildman–Crippen MR) is 60.4 cm³/mol. The highest BCUT2D eigenvalue weighted by Crippen LogP contribution is 2.08. The zero-order valence-electron chi connectivity index (χ0n) is 9.74. The van der Waals surface area contributed by atoms with Crippen LogP contribution in [0.15, 0.2) is 22.3 Å². The number of carbonyl (C=O) groups is 1. The molecule has 1 heterocycles. The molecule has 0 saturated heterocycles. The average molecular weight is 224 g/mol. The second kappa shape index (κ2) is 5.95. The Hall–Kier alpha value is -1.78. The van der Waals surface area contributed by atoms with Crippen molar-refractivity contribution >= 4 is 12.0 Å². The minimum absolute atomic E-state index is 0.182. The summed E-state index contributed by atoms with van der Waals surface area (Å²) in [7, 11) is 0. The van der Waals surface area contributed by atoms with E-state index in [1.54, 1.807) is 6.92 Å². The van der Waals surface area contributed by atoms with E-state index in [1.165, 1.54) is 11.8 Å². The molecule has 16 heavy (non-hydrogen) atoms. The van der Waals surface area contributed by atoms with Crippen LogP contribution < -0.4 is 5.32 Å². The van der Waals surface area contributed by atoms with Gasteiger partial charge in [-0.05, 0) is 20.8 Å². The molecule has 1 aromatic heterocycles. The second-order valence-electron chi connectivity index (χ2n) is 3.42. The van der Waals surface area contributed by atoms with Crippen molar-refractivity contribution in [1.82, 2.24) is 4.98 Å². The Bertz CT molecular complexity index is 378. The van der Waals surface area contributed by atoms with E-state index in [4.69, 9.17) is 9.15 Å². The maximum Gasteiger partial charge on any atom is 0.360 e. The van der Waals surface area contributed by atoms with Gasteiger partial charge < -0.3 is 14.5 Å². The third-order valence-electron chi connectivity index (χ3n) is 1.75. The van der Waals surface area contributed by atoms with E-state index in [0.29, 0.717) is 19.2 Å². The first-order valence-electron chi connectivity index (χ1n) is 5.13. The maximum atomic E-state index is 11.3. The van der Waals surface area contributed by atoms with Crippen LogP contribution in [-0.2, 0) is 4.74 Å². The van der Waals surface area contributed by atoms with Crippen LogP contribution in [0.2, 0.25) is 0 Å². The molecule has 88 valence electrons. The van der Waals surface area contributed by atoms with Crippen molar-refractivity contribution in [2.75, 3.05) is 18.5 Å². The number of nitrogens with zero attached hydrogens (tertiary/aromatic N) is 1. The van der Waals surface area contributed by atoms with Gasteiger partial charge in [-0.3, -0.25) is 0 Å². The highest BCUT2D eigenvalue weighted by molar-refractivity contribution is 5.87. The molecular weight excluding hydrogens is 208 g/mol. The van der Waals surface area contributed by atoms with Gasteiger partial charge in [-0.1, -0.05) is 11.6 Å². The molecule has 1 rings (SSSR count). The van der Waals surface area contributed by atoms with E-state index < -0.39 is 5.97 Å². The summed E-state index contributed by atoms with van der Waals surface area (Å²) in [6, 6.07) is 0.320. The summed E-state index contributed by atoms with van der Waals surface area (Å²) >= 11 is 0. The van der Waals surface area contributed by atoms with Crippen molar-refractivity contribution in [2.45, 2.75) is 20.8 Å². The van der Waals surface area contributed by atoms with Crippen LogP contribution in [0, 0.1) is 0 Å². The quantitative estimate of drug-likeness (QED) is 0.613. The Morgan fingerprint density at radius 2 is 2.38 bits per heavy atom. The molecule has 0 aliphatic heterocycles. The lowest BCUT2D eigenvalue weighted by atomic mass is 10.3. The Balaban J connectivity index is 2.51. The fraction of sp³-hybridized carbons (Fsp3) is 0.455. The van der Waals surface area contributed by atoms with Crippen molar-refractivity contribution in [3.63, 3.8) is 0 Å². The average Bonchev–Trinajstić information content (AvgIpc) is 2.66. The largest absolute Gasteiger partial charge is 0.461 e. The van der Waals surface area contributed by atoms with Crippen LogP contribution in [0.3, 0.4) is 0 Å². The minimum Gasteiger partial charge on any atom is -0.461 e. The van der Waals surface area contributed by atoms with Gasteiger partial charge in [-0.2, -0.15) is 4.98 Å². The molecule has 0 aromatic carbocycles. The number of allylic oxidation sites excluding steroid dienone is 1. The summed E-state index contributed by atoms with van der Waals surface area (Å²) in [6.45, 7) is 6.69. The SMILES string of the molecule is CCOC(=O)c1coc(NCC=C(C)C)n1. The first-order chi connectivity index (χ1) is 7.63. The smallest absolute Gasteiger partial charge is 0.360 e. The molecule has 0 aliphatic carbocycles.